The number of aliphatic hydroxyl groups excluding tert-OH is 2. The minimum atomic E-state index is -0.529. The Hall–Kier alpha value is -1.34. The summed E-state index contributed by atoms with van der Waals surface area (Å²) in [7, 11) is 1.63. The third kappa shape index (κ3) is 6.43. The quantitative estimate of drug-likeness (QED) is 0.658. The van der Waals surface area contributed by atoms with Gasteiger partial charge in [-0.2, -0.15) is 0 Å². The molecule has 26 heavy (non-hydrogen) atoms. The van der Waals surface area contributed by atoms with Crippen molar-refractivity contribution in [2.45, 2.75) is 45.4 Å². The molecule has 1 aromatic rings. The SMILES string of the molecule is CCN(CC)C[C@@H](O)COc1ccc(CN2CCC(O)CC2)cc1OC. The van der Waals surface area contributed by atoms with Gasteiger partial charge in [-0.1, -0.05) is 19.9 Å². The number of likely N-dealkylation sites (N-methyl/N-ethyl adjacent to an activating group) is 1. The molecule has 1 atom stereocenters. The maximum Gasteiger partial charge on any atom is 0.161 e. The summed E-state index contributed by atoms with van der Waals surface area (Å²) in [5, 5.41) is 19.8. The zero-order valence-electron chi connectivity index (χ0n) is 16.4. The summed E-state index contributed by atoms with van der Waals surface area (Å²) >= 11 is 0. The maximum absolute atomic E-state index is 10.2. The van der Waals surface area contributed by atoms with Crippen LogP contribution in [0.15, 0.2) is 18.2 Å². The molecule has 1 aliphatic heterocycles. The van der Waals surface area contributed by atoms with Crippen molar-refractivity contribution in [3.05, 3.63) is 23.8 Å². The lowest BCUT2D eigenvalue weighted by Crippen LogP contribution is -2.35. The number of likely N-dealkylation sites (tertiary alicyclic amines) is 1. The largest absolute Gasteiger partial charge is 0.493 e. The first-order valence-corrected chi connectivity index (χ1v) is 9.66. The lowest BCUT2D eigenvalue weighted by molar-refractivity contribution is 0.0704. The number of piperidine rings is 1. The van der Waals surface area contributed by atoms with Crippen molar-refractivity contribution in [2.75, 3.05) is 46.4 Å². The van der Waals surface area contributed by atoms with Gasteiger partial charge in [0, 0.05) is 26.2 Å². The van der Waals surface area contributed by atoms with Crippen LogP contribution in [-0.2, 0) is 6.54 Å². The number of rotatable bonds is 10. The Morgan fingerprint density at radius 1 is 1.19 bits per heavy atom. The number of methoxy groups -OCH3 is 1. The molecule has 0 saturated carbocycles. The van der Waals surface area contributed by atoms with E-state index in [0.717, 1.165) is 51.1 Å². The van der Waals surface area contributed by atoms with Crippen LogP contribution in [0.2, 0.25) is 0 Å². The first-order valence-electron chi connectivity index (χ1n) is 9.66. The van der Waals surface area contributed by atoms with Gasteiger partial charge in [-0.15, -0.1) is 0 Å². The van der Waals surface area contributed by atoms with Crippen LogP contribution in [0.4, 0.5) is 0 Å². The summed E-state index contributed by atoms with van der Waals surface area (Å²) in [6.07, 6.45) is 0.990. The number of ether oxygens (including phenoxy) is 2. The molecule has 1 heterocycles. The summed E-state index contributed by atoms with van der Waals surface area (Å²) in [5.74, 6) is 1.35. The number of benzene rings is 1. The summed E-state index contributed by atoms with van der Waals surface area (Å²) in [4.78, 5) is 4.51. The number of hydrogen-bond acceptors (Lipinski definition) is 6. The van der Waals surface area contributed by atoms with E-state index in [-0.39, 0.29) is 12.7 Å². The Bertz CT molecular complexity index is 529. The molecule has 1 fully saturated rings. The lowest BCUT2D eigenvalue weighted by atomic mass is 10.1. The average molecular weight is 367 g/mol. The van der Waals surface area contributed by atoms with E-state index in [4.69, 9.17) is 9.47 Å². The van der Waals surface area contributed by atoms with Crippen LogP contribution in [0.1, 0.15) is 32.3 Å². The monoisotopic (exact) mass is 366 g/mol. The zero-order chi connectivity index (χ0) is 18.9. The van der Waals surface area contributed by atoms with Crippen LogP contribution in [0.3, 0.4) is 0 Å². The van der Waals surface area contributed by atoms with Gasteiger partial charge in [0.15, 0.2) is 11.5 Å². The first-order chi connectivity index (χ1) is 12.5. The van der Waals surface area contributed by atoms with Gasteiger partial charge in [0.05, 0.1) is 13.2 Å². The summed E-state index contributed by atoms with van der Waals surface area (Å²) in [6.45, 7) is 9.53. The maximum atomic E-state index is 10.2. The first kappa shape index (κ1) is 21.0. The van der Waals surface area contributed by atoms with Crippen LogP contribution in [0.25, 0.3) is 0 Å². The predicted octanol–water partition coefficient (Wildman–Crippen LogP) is 1.73. The van der Waals surface area contributed by atoms with E-state index in [1.807, 2.05) is 18.2 Å². The predicted molar refractivity (Wildman–Crippen MR) is 103 cm³/mol. The van der Waals surface area contributed by atoms with Gasteiger partial charge in [0.1, 0.15) is 12.7 Å². The molecule has 2 rings (SSSR count). The second-order valence-corrected chi connectivity index (χ2v) is 6.94. The third-order valence-corrected chi connectivity index (χ3v) is 4.99. The van der Waals surface area contributed by atoms with Gasteiger partial charge in [0.2, 0.25) is 0 Å². The van der Waals surface area contributed by atoms with Crippen LogP contribution < -0.4 is 9.47 Å². The van der Waals surface area contributed by atoms with Gasteiger partial charge in [-0.05, 0) is 43.6 Å². The smallest absolute Gasteiger partial charge is 0.161 e. The fourth-order valence-electron chi connectivity index (χ4n) is 3.28. The molecule has 0 bridgehead atoms. The van der Waals surface area contributed by atoms with Gasteiger partial charge in [-0.25, -0.2) is 0 Å². The fourth-order valence-corrected chi connectivity index (χ4v) is 3.28. The molecule has 0 unspecified atom stereocenters. The fraction of sp³-hybridized carbons (Fsp3) is 0.700. The van der Waals surface area contributed by atoms with Gasteiger partial charge >= 0.3 is 0 Å². The summed E-state index contributed by atoms with van der Waals surface area (Å²) < 4.78 is 11.3. The van der Waals surface area contributed by atoms with Crippen molar-refractivity contribution in [3.63, 3.8) is 0 Å². The van der Waals surface area contributed by atoms with E-state index in [0.29, 0.717) is 18.0 Å². The van der Waals surface area contributed by atoms with Crippen LogP contribution in [0, 0.1) is 0 Å². The molecular weight excluding hydrogens is 332 g/mol. The molecular formula is C20H34N2O4. The Morgan fingerprint density at radius 2 is 1.88 bits per heavy atom. The molecule has 0 aromatic heterocycles. The van der Waals surface area contributed by atoms with Crippen molar-refractivity contribution in [3.8, 4) is 11.5 Å². The van der Waals surface area contributed by atoms with Crippen LogP contribution in [-0.4, -0.2) is 78.7 Å². The highest BCUT2D eigenvalue weighted by Gasteiger charge is 2.18. The van der Waals surface area contributed by atoms with E-state index in [1.54, 1.807) is 7.11 Å². The normalized spacial score (nSPS) is 17.5. The molecule has 1 aliphatic rings. The second kappa shape index (κ2) is 10.7. The Balaban J connectivity index is 1.89. The number of nitrogens with zero attached hydrogens (tertiary/aromatic N) is 2. The number of aliphatic hydroxyl groups is 2. The van der Waals surface area contributed by atoms with Gasteiger partial charge in [0.25, 0.3) is 0 Å². The van der Waals surface area contributed by atoms with Crippen molar-refractivity contribution >= 4 is 0 Å². The molecule has 1 aromatic carbocycles. The average Bonchev–Trinajstić information content (AvgIpc) is 2.66. The Kier molecular flexibility index (Phi) is 8.65. The molecule has 6 heteroatoms. The molecule has 0 aliphatic carbocycles. The molecule has 148 valence electrons. The second-order valence-electron chi connectivity index (χ2n) is 6.94. The van der Waals surface area contributed by atoms with Crippen molar-refractivity contribution in [1.82, 2.24) is 9.80 Å². The lowest BCUT2D eigenvalue weighted by Gasteiger charge is -2.29. The van der Waals surface area contributed by atoms with Crippen molar-refractivity contribution in [2.24, 2.45) is 0 Å². The van der Waals surface area contributed by atoms with Crippen molar-refractivity contribution in [1.29, 1.82) is 0 Å². The van der Waals surface area contributed by atoms with Gasteiger partial charge < -0.3 is 24.6 Å². The van der Waals surface area contributed by atoms with Crippen LogP contribution in [0.5, 0.6) is 11.5 Å². The molecule has 0 radical (unpaired) electrons. The third-order valence-electron chi connectivity index (χ3n) is 4.99. The van der Waals surface area contributed by atoms with E-state index in [1.165, 1.54) is 0 Å². The zero-order valence-corrected chi connectivity index (χ0v) is 16.4. The highest BCUT2D eigenvalue weighted by atomic mass is 16.5. The van der Waals surface area contributed by atoms with E-state index in [2.05, 4.69) is 23.6 Å². The summed E-state index contributed by atoms with van der Waals surface area (Å²) in [5.41, 5.74) is 1.16. The molecule has 0 spiro atoms. The molecule has 1 saturated heterocycles. The molecule has 2 N–H and O–H groups in total. The number of hydrogen-bond donors (Lipinski definition) is 2. The summed E-state index contributed by atoms with van der Waals surface area (Å²) in [6, 6.07) is 5.95. The highest BCUT2D eigenvalue weighted by molar-refractivity contribution is 5.43. The standard InChI is InChI=1S/C20H34N2O4/c1-4-21(5-2)14-18(24)15-26-19-7-6-16(12-20(19)25-3)13-22-10-8-17(23)9-11-22/h6-7,12,17-18,23-24H,4-5,8-11,13-15H2,1-3H3/t18-/m1/s1. The van der Waals surface area contributed by atoms with E-state index >= 15 is 0 Å². The minimum absolute atomic E-state index is 0.153. The molecule has 6 nitrogen and oxygen atoms in total. The van der Waals surface area contributed by atoms with Gasteiger partial charge in [-0.3, -0.25) is 4.90 Å². The van der Waals surface area contributed by atoms with E-state index < -0.39 is 6.10 Å². The molecule has 0 amide bonds. The Morgan fingerprint density at radius 3 is 2.50 bits per heavy atom. The topological polar surface area (TPSA) is 65.4 Å². The minimum Gasteiger partial charge on any atom is -0.493 e. The van der Waals surface area contributed by atoms with E-state index in [9.17, 15) is 10.2 Å². The van der Waals surface area contributed by atoms with Crippen molar-refractivity contribution < 1.29 is 19.7 Å². The highest BCUT2D eigenvalue weighted by Crippen LogP contribution is 2.29. The Labute approximate surface area is 157 Å². The van der Waals surface area contributed by atoms with Crippen LogP contribution >= 0.6 is 0 Å².